The maximum absolute atomic E-state index is 13.3. The van der Waals surface area contributed by atoms with E-state index < -0.39 is 29.0 Å². The molecule has 2 aromatic heterocycles. The third-order valence-corrected chi connectivity index (χ3v) is 6.27. The average molecular weight is 574 g/mol. The standard InChI is InChI=1S/C20H19FIN3O6S/c1-23-19(28)17-13-9-14(22)15(10-25(32(29)30)8-2-3-16(26)27)24-20(13)31-18(17)11-4-6-12(21)7-5-11/h4-7,9H,2-3,8,10H2,1H3,(H,23,28)(H,26,27)(H,29,30)/p-1. The lowest BCUT2D eigenvalue weighted by Gasteiger charge is -2.23. The molecule has 1 aromatic carbocycles. The van der Waals surface area contributed by atoms with Crippen LogP contribution in [-0.4, -0.2) is 48.6 Å². The minimum atomic E-state index is -2.58. The van der Waals surface area contributed by atoms with E-state index in [1.807, 2.05) is 22.6 Å². The Bertz CT molecular complexity index is 1180. The van der Waals surface area contributed by atoms with Crippen LogP contribution in [0.4, 0.5) is 4.39 Å². The zero-order valence-corrected chi connectivity index (χ0v) is 19.7. The van der Waals surface area contributed by atoms with Gasteiger partial charge in [0.05, 0.1) is 23.2 Å². The lowest BCUT2D eigenvalue weighted by atomic mass is 10.1. The predicted octanol–water partition coefficient (Wildman–Crippen LogP) is 3.06. The fourth-order valence-corrected chi connectivity index (χ4v) is 4.19. The molecule has 0 saturated carbocycles. The van der Waals surface area contributed by atoms with Gasteiger partial charge in [0.25, 0.3) is 5.91 Å². The van der Waals surface area contributed by atoms with Crippen LogP contribution < -0.4 is 5.32 Å². The maximum Gasteiger partial charge on any atom is 0.303 e. The summed E-state index contributed by atoms with van der Waals surface area (Å²) in [5, 5.41) is 11.7. The molecular formula is C20H18FIN3O6S-. The highest BCUT2D eigenvalue weighted by molar-refractivity contribution is 14.1. The normalized spacial score (nSPS) is 12.3. The van der Waals surface area contributed by atoms with Crippen molar-refractivity contribution in [2.75, 3.05) is 13.6 Å². The van der Waals surface area contributed by atoms with Gasteiger partial charge in [0.1, 0.15) is 11.6 Å². The van der Waals surface area contributed by atoms with Crippen LogP contribution in [0.5, 0.6) is 0 Å². The van der Waals surface area contributed by atoms with E-state index in [1.165, 1.54) is 31.3 Å². The summed E-state index contributed by atoms with van der Waals surface area (Å²) in [7, 11) is 1.47. The molecule has 1 unspecified atom stereocenters. The predicted molar refractivity (Wildman–Crippen MR) is 122 cm³/mol. The highest BCUT2D eigenvalue weighted by Crippen LogP contribution is 2.34. The van der Waals surface area contributed by atoms with E-state index >= 15 is 0 Å². The third kappa shape index (κ3) is 5.49. The molecule has 3 rings (SSSR count). The fourth-order valence-electron chi connectivity index (χ4n) is 3.08. The first-order chi connectivity index (χ1) is 15.2. The first-order valence-electron chi connectivity index (χ1n) is 9.37. The molecule has 0 aliphatic carbocycles. The van der Waals surface area contributed by atoms with Gasteiger partial charge in [-0.3, -0.25) is 13.8 Å². The van der Waals surface area contributed by atoms with Crippen molar-refractivity contribution in [3.05, 3.63) is 51.0 Å². The van der Waals surface area contributed by atoms with E-state index in [1.54, 1.807) is 6.07 Å². The molecule has 0 aliphatic heterocycles. The van der Waals surface area contributed by atoms with Crippen molar-refractivity contribution in [2.45, 2.75) is 19.4 Å². The Hall–Kier alpha value is -2.42. The highest BCUT2D eigenvalue weighted by Gasteiger charge is 2.24. The Kier molecular flexibility index (Phi) is 7.92. The van der Waals surface area contributed by atoms with E-state index in [0.717, 1.165) is 4.31 Å². The SMILES string of the molecule is CNC(=O)c1c(-c2ccc(F)cc2)oc2nc(CN(CCCC(=O)O)S(=O)[O-])c(I)cc12. The molecular weight excluding hydrogens is 556 g/mol. The molecule has 0 bridgehead atoms. The van der Waals surface area contributed by atoms with E-state index in [0.29, 0.717) is 20.2 Å². The van der Waals surface area contributed by atoms with Crippen LogP contribution in [0.2, 0.25) is 0 Å². The van der Waals surface area contributed by atoms with Crippen molar-refractivity contribution in [1.82, 2.24) is 14.6 Å². The first kappa shape index (κ1) is 24.2. The number of benzene rings is 1. The minimum absolute atomic E-state index is 0.0146. The van der Waals surface area contributed by atoms with Gasteiger partial charge in [-0.1, -0.05) is 0 Å². The number of amides is 1. The second-order valence-electron chi connectivity index (χ2n) is 6.74. The summed E-state index contributed by atoms with van der Waals surface area (Å²) in [6, 6.07) is 7.13. The lowest BCUT2D eigenvalue weighted by molar-refractivity contribution is -0.137. The third-order valence-electron chi connectivity index (χ3n) is 4.60. The topological polar surface area (TPSA) is 136 Å². The molecule has 170 valence electrons. The number of hydrogen-bond donors (Lipinski definition) is 2. The summed E-state index contributed by atoms with van der Waals surface area (Å²) in [6.45, 7) is -0.0769. The number of fused-ring (bicyclic) bond motifs is 1. The van der Waals surface area contributed by atoms with Gasteiger partial charge < -0.3 is 19.4 Å². The van der Waals surface area contributed by atoms with Crippen LogP contribution in [-0.2, 0) is 22.6 Å². The molecule has 2 heterocycles. The van der Waals surface area contributed by atoms with Crippen molar-refractivity contribution in [2.24, 2.45) is 0 Å². The number of carbonyl (C=O) groups is 2. The number of hydrogen-bond acceptors (Lipinski definition) is 6. The van der Waals surface area contributed by atoms with Crippen LogP contribution in [0.3, 0.4) is 0 Å². The van der Waals surface area contributed by atoms with Gasteiger partial charge >= 0.3 is 5.97 Å². The number of rotatable bonds is 9. The van der Waals surface area contributed by atoms with Crippen LogP contribution in [0.1, 0.15) is 28.9 Å². The molecule has 1 amide bonds. The summed E-state index contributed by atoms with van der Waals surface area (Å²) < 4.78 is 44.1. The summed E-state index contributed by atoms with van der Waals surface area (Å²) >= 11 is -0.597. The molecule has 1 atom stereocenters. The zero-order chi connectivity index (χ0) is 23.4. The molecule has 3 aromatic rings. The number of carboxylic acids is 1. The summed E-state index contributed by atoms with van der Waals surface area (Å²) in [5.74, 6) is -1.65. The Labute approximate surface area is 198 Å². The smallest absolute Gasteiger partial charge is 0.303 e. The van der Waals surface area contributed by atoms with Crippen LogP contribution in [0, 0.1) is 9.39 Å². The van der Waals surface area contributed by atoms with E-state index in [2.05, 4.69) is 10.3 Å². The van der Waals surface area contributed by atoms with Gasteiger partial charge in [-0.05, 0) is 59.3 Å². The van der Waals surface area contributed by atoms with Crippen molar-refractivity contribution in [1.29, 1.82) is 0 Å². The number of furan rings is 1. The largest absolute Gasteiger partial charge is 0.760 e. The molecule has 2 N–H and O–H groups in total. The number of aliphatic carboxylic acids is 1. The van der Waals surface area contributed by atoms with Crippen LogP contribution in [0.15, 0.2) is 34.7 Å². The van der Waals surface area contributed by atoms with Gasteiger partial charge in [-0.15, -0.1) is 0 Å². The molecule has 0 fully saturated rings. The second-order valence-corrected chi connectivity index (χ2v) is 8.85. The van der Waals surface area contributed by atoms with E-state index in [4.69, 9.17) is 9.52 Å². The number of carbonyl (C=O) groups excluding carboxylic acids is 1. The summed E-state index contributed by atoms with van der Waals surface area (Å²) in [5.41, 5.74) is 1.23. The van der Waals surface area contributed by atoms with Crippen LogP contribution in [0.25, 0.3) is 22.4 Å². The molecule has 12 heteroatoms. The van der Waals surface area contributed by atoms with Gasteiger partial charge in [0.15, 0.2) is 0 Å². The summed E-state index contributed by atoms with van der Waals surface area (Å²) in [4.78, 5) is 27.7. The molecule has 0 aliphatic rings. The number of aromatic nitrogens is 1. The van der Waals surface area contributed by atoms with E-state index in [-0.39, 0.29) is 43.0 Å². The Morgan fingerprint density at radius 1 is 1.34 bits per heavy atom. The maximum atomic E-state index is 13.3. The molecule has 0 radical (unpaired) electrons. The minimum Gasteiger partial charge on any atom is -0.760 e. The summed E-state index contributed by atoms with van der Waals surface area (Å²) in [6.07, 6.45) is -0.00954. The van der Waals surface area contributed by atoms with Gasteiger partial charge in [-0.25, -0.2) is 13.7 Å². The number of nitrogens with one attached hydrogen (secondary N) is 1. The zero-order valence-electron chi connectivity index (χ0n) is 16.8. The van der Waals surface area contributed by atoms with Crippen molar-refractivity contribution in [3.63, 3.8) is 0 Å². The van der Waals surface area contributed by atoms with Gasteiger partial charge in [0, 0.05) is 40.4 Å². The Morgan fingerprint density at radius 3 is 2.62 bits per heavy atom. The fraction of sp³-hybridized carbons (Fsp3) is 0.250. The van der Waals surface area contributed by atoms with Crippen LogP contribution >= 0.6 is 22.6 Å². The molecule has 0 saturated heterocycles. The van der Waals surface area contributed by atoms with E-state index in [9.17, 15) is 22.7 Å². The van der Waals surface area contributed by atoms with Gasteiger partial charge in [0.2, 0.25) is 5.71 Å². The van der Waals surface area contributed by atoms with Crippen molar-refractivity contribution >= 4 is 56.8 Å². The van der Waals surface area contributed by atoms with Gasteiger partial charge in [-0.2, -0.15) is 0 Å². The number of halogens is 2. The number of pyridine rings is 1. The molecule has 32 heavy (non-hydrogen) atoms. The Morgan fingerprint density at radius 2 is 2.03 bits per heavy atom. The molecule has 0 spiro atoms. The average Bonchev–Trinajstić information content (AvgIpc) is 3.10. The molecule has 9 nitrogen and oxygen atoms in total. The number of carboxylic acid groups (broad SMARTS) is 1. The monoisotopic (exact) mass is 574 g/mol. The first-order valence-corrected chi connectivity index (χ1v) is 11.5. The second kappa shape index (κ2) is 10.5. The number of nitrogens with zero attached hydrogens (tertiary/aromatic N) is 2. The van der Waals surface area contributed by atoms with Crippen molar-refractivity contribution < 1.29 is 32.3 Å². The quantitative estimate of drug-likeness (QED) is 0.296. The Balaban J connectivity index is 2.03. The highest BCUT2D eigenvalue weighted by atomic mass is 127. The van der Waals surface area contributed by atoms with Crippen molar-refractivity contribution in [3.8, 4) is 11.3 Å². The lowest BCUT2D eigenvalue weighted by Crippen LogP contribution is -2.27.